The molecule has 23 heavy (non-hydrogen) atoms. The van der Waals surface area contributed by atoms with E-state index in [2.05, 4.69) is 0 Å². The number of piperidine rings is 1. The van der Waals surface area contributed by atoms with Crippen LogP contribution in [0.25, 0.3) is 0 Å². The largest absolute Gasteiger partial charge is 0.493 e. The van der Waals surface area contributed by atoms with Crippen molar-refractivity contribution in [2.75, 3.05) is 27.2 Å². The molecule has 0 aromatic heterocycles. The van der Waals surface area contributed by atoms with Crippen LogP contribution in [0.4, 0.5) is 0 Å². The van der Waals surface area contributed by atoms with E-state index in [-0.39, 0.29) is 42.5 Å². The Morgan fingerprint density at radius 3 is 2.91 bits per heavy atom. The van der Waals surface area contributed by atoms with Crippen LogP contribution < -0.4 is 9.47 Å². The second kappa shape index (κ2) is 6.70. The molecule has 0 aliphatic carbocycles. The highest BCUT2D eigenvalue weighted by molar-refractivity contribution is 5.49. The smallest absolute Gasteiger partial charge is 0.161 e. The third kappa shape index (κ3) is 3.20. The summed E-state index contributed by atoms with van der Waals surface area (Å²) in [6, 6.07) is 0.546. The first-order chi connectivity index (χ1) is 14.0. The minimum atomic E-state index is -2.89. The molecular formula is C19H29NO3. The third-order valence-electron chi connectivity index (χ3n) is 4.33. The molecule has 4 nitrogen and oxygen atoms in total. The zero-order valence-corrected chi connectivity index (χ0v) is 13.8. The molecule has 2 aliphatic rings. The fourth-order valence-electron chi connectivity index (χ4n) is 3.27. The van der Waals surface area contributed by atoms with E-state index in [0.29, 0.717) is 12.0 Å². The van der Waals surface area contributed by atoms with Crippen LogP contribution in [0, 0.1) is 11.8 Å². The summed E-state index contributed by atoms with van der Waals surface area (Å²) in [4.78, 5) is 1.47. The van der Waals surface area contributed by atoms with Crippen molar-refractivity contribution in [1.29, 1.82) is 0 Å². The molecule has 2 aliphatic heterocycles. The number of hydrogen-bond acceptors (Lipinski definition) is 4. The summed E-state index contributed by atoms with van der Waals surface area (Å²) < 4.78 is 76.5. The number of fused-ring (bicyclic) bond motifs is 3. The predicted octanol–water partition coefficient (Wildman–Crippen LogP) is 3.03. The molecule has 3 atom stereocenters. The molecule has 1 fully saturated rings. The van der Waals surface area contributed by atoms with E-state index in [0.717, 1.165) is 0 Å². The van der Waals surface area contributed by atoms with Crippen LogP contribution in [-0.4, -0.2) is 43.3 Å². The maximum atomic E-state index is 11.1. The molecule has 1 N–H and O–H groups in total. The van der Waals surface area contributed by atoms with E-state index in [9.17, 15) is 6.48 Å². The van der Waals surface area contributed by atoms with Crippen molar-refractivity contribution in [3.63, 3.8) is 0 Å². The fourth-order valence-corrected chi connectivity index (χ4v) is 3.27. The zero-order chi connectivity index (χ0) is 23.6. The van der Waals surface area contributed by atoms with E-state index < -0.39 is 31.4 Å². The van der Waals surface area contributed by atoms with Crippen molar-refractivity contribution in [2.24, 2.45) is 11.8 Å². The molecule has 3 unspecified atom stereocenters. The zero-order valence-electron chi connectivity index (χ0n) is 21.8. The summed E-state index contributed by atoms with van der Waals surface area (Å²) in [7, 11) is -1.44. The number of methoxy groups -OCH3 is 2. The third-order valence-corrected chi connectivity index (χ3v) is 4.33. The molecule has 128 valence electrons. The molecule has 0 amide bonds. The van der Waals surface area contributed by atoms with Gasteiger partial charge in [0.2, 0.25) is 0 Å². The van der Waals surface area contributed by atoms with Crippen LogP contribution in [0.3, 0.4) is 0 Å². The van der Waals surface area contributed by atoms with Gasteiger partial charge in [-0.15, -0.1) is 0 Å². The number of ether oxygens (including phenoxy) is 2. The summed E-state index contributed by atoms with van der Waals surface area (Å²) in [5.74, 6) is -1.95. The van der Waals surface area contributed by atoms with Gasteiger partial charge >= 0.3 is 0 Å². The van der Waals surface area contributed by atoms with Gasteiger partial charge < -0.3 is 14.6 Å². The van der Waals surface area contributed by atoms with Crippen molar-refractivity contribution in [3.8, 4) is 11.5 Å². The topological polar surface area (TPSA) is 41.9 Å². The number of aliphatic hydroxyl groups is 1. The summed E-state index contributed by atoms with van der Waals surface area (Å²) >= 11 is 0. The summed E-state index contributed by atoms with van der Waals surface area (Å²) in [6.07, 6.45) is -5.27. The quantitative estimate of drug-likeness (QED) is 0.923. The van der Waals surface area contributed by atoms with E-state index in [1.807, 2.05) is 13.8 Å². The van der Waals surface area contributed by atoms with Crippen LogP contribution in [0.15, 0.2) is 12.1 Å². The van der Waals surface area contributed by atoms with Gasteiger partial charge in [0.1, 0.15) is 0 Å². The Balaban J connectivity index is 2.20. The lowest BCUT2D eigenvalue weighted by molar-refractivity contribution is -0.0191. The second-order valence-electron chi connectivity index (χ2n) is 6.46. The highest BCUT2D eigenvalue weighted by Gasteiger charge is 2.38. The molecule has 0 bridgehead atoms. The molecule has 4 heteroatoms. The molecule has 2 heterocycles. The molecule has 0 radical (unpaired) electrons. The highest BCUT2D eigenvalue weighted by Crippen LogP contribution is 2.43. The second-order valence-corrected chi connectivity index (χ2v) is 6.46. The molecule has 1 aromatic carbocycles. The lowest BCUT2D eigenvalue weighted by Crippen LogP contribution is -2.48. The highest BCUT2D eigenvalue weighted by atomic mass is 16.5. The van der Waals surface area contributed by atoms with Gasteiger partial charge in [0, 0.05) is 23.2 Å². The Morgan fingerprint density at radius 2 is 2.22 bits per heavy atom. The Morgan fingerprint density at radius 1 is 1.43 bits per heavy atom. The molecule has 0 spiro atoms. The first kappa shape index (κ1) is 9.28. The maximum absolute atomic E-state index is 11.1. The monoisotopic (exact) mass is 327 g/mol. The Hall–Kier alpha value is -1.26. The van der Waals surface area contributed by atoms with Crippen molar-refractivity contribution >= 4 is 0 Å². The van der Waals surface area contributed by atoms with Crippen LogP contribution in [0.2, 0.25) is 0 Å². The lowest BCUT2D eigenvalue weighted by Gasteiger charge is -2.46. The van der Waals surface area contributed by atoms with E-state index in [1.54, 1.807) is 0 Å². The summed E-state index contributed by atoms with van der Waals surface area (Å²) in [5.41, 5.74) is 0.642. The van der Waals surface area contributed by atoms with Crippen LogP contribution in [-0.2, 0) is 6.42 Å². The molecular weight excluding hydrogens is 290 g/mol. The number of rotatable bonds is 4. The number of hydrogen-bond donors (Lipinski definition) is 1. The van der Waals surface area contributed by atoms with Crippen LogP contribution >= 0.6 is 0 Å². The Kier molecular flexibility index (Phi) is 2.70. The van der Waals surface area contributed by atoms with Gasteiger partial charge in [0.05, 0.1) is 27.1 Å². The molecule has 0 saturated carbocycles. The average molecular weight is 327 g/mol. The summed E-state index contributed by atoms with van der Waals surface area (Å²) in [5, 5.41) is 11.1. The number of nitrogens with zero attached hydrogens (tertiary/aromatic N) is 1. The first-order valence-electron chi connectivity index (χ1n) is 11.9. The normalized spacial score (nSPS) is 44.9. The minimum absolute atomic E-state index is 0.0657. The lowest BCUT2D eigenvalue weighted by atomic mass is 9.79. The van der Waals surface area contributed by atoms with E-state index in [4.69, 9.17) is 19.1 Å². The van der Waals surface area contributed by atoms with Crippen molar-refractivity contribution < 1.29 is 25.5 Å². The molecule has 1 saturated heterocycles. The number of benzene rings is 1. The first-order valence-corrected chi connectivity index (χ1v) is 7.88. The summed E-state index contributed by atoms with van der Waals surface area (Å²) in [6.45, 7) is 3.74. The van der Waals surface area contributed by atoms with Gasteiger partial charge in [0.25, 0.3) is 0 Å². The molecule has 3 rings (SSSR count). The Labute approximate surface area is 150 Å². The van der Waals surface area contributed by atoms with E-state index in [1.165, 1.54) is 24.1 Å². The van der Waals surface area contributed by atoms with E-state index >= 15 is 0 Å². The molecule has 1 aromatic rings. The van der Waals surface area contributed by atoms with Gasteiger partial charge in [0.15, 0.2) is 11.5 Å². The van der Waals surface area contributed by atoms with Crippen molar-refractivity contribution in [2.45, 2.75) is 45.2 Å². The SMILES string of the molecule is [2H]C([2H])([2H])Oc1cc2c(cc1OC)CCN1CC([2H])(CC(C)C)C([2H])(O)C([2H])([2H])C21[2H]. The van der Waals surface area contributed by atoms with Crippen molar-refractivity contribution in [3.05, 3.63) is 23.3 Å². The van der Waals surface area contributed by atoms with Gasteiger partial charge in [-0.05, 0) is 54.3 Å². The standard InChI is InChI=1S/C19H29NO3/c1-12(2)7-14-11-20-6-5-13-8-18(22-3)19(23-4)9-15(13)16(20)10-17(14)21/h8-9,12,14,16-17,21H,5-7,10-11H2,1-4H3/i4D3,10D2,14D,16D,17D. The van der Waals surface area contributed by atoms with Gasteiger partial charge in [-0.1, -0.05) is 13.8 Å². The van der Waals surface area contributed by atoms with Crippen LogP contribution in [0.5, 0.6) is 11.5 Å². The van der Waals surface area contributed by atoms with Gasteiger partial charge in [-0.3, -0.25) is 4.90 Å². The van der Waals surface area contributed by atoms with Crippen LogP contribution in [0.1, 0.15) is 54.8 Å². The predicted molar refractivity (Wildman–Crippen MR) is 91.1 cm³/mol. The van der Waals surface area contributed by atoms with Gasteiger partial charge in [-0.25, -0.2) is 0 Å². The van der Waals surface area contributed by atoms with Crippen molar-refractivity contribution in [1.82, 2.24) is 4.90 Å². The maximum Gasteiger partial charge on any atom is 0.161 e. The Bertz CT molecular complexity index is 859. The average Bonchev–Trinajstić information content (AvgIpc) is 2.60. The fraction of sp³-hybridized carbons (Fsp3) is 0.684. The van der Waals surface area contributed by atoms with Gasteiger partial charge in [-0.2, -0.15) is 0 Å². The minimum Gasteiger partial charge on any atom is -0.493 e.